The number of amidine groups is 1. The first-order valence-corrected chi connectivity index (χ1v) is 14.1. The third kappa shape index (κ3) is 6.69. The molecule has 3 N–H and O–H groups in total. The normalized spacial score (nSPS) is 18.6. The number of thioether (sulfide) groups is 1. The molecule has 2 aliphatic rings. The Labute approximate surface area is 229 Å². The molecule has 0 spiro atoms. The fraction of sp³-hybridized carbons (Fsp3) is 0.519. The maximum Gasteiger partial charge on any atom is 0.147 e. The molecule has 1 saturated heterocycles. The van der Waals surface area contributed by atoms with Crippen LogP contribution >= 0.6 is 23.4 Å². The van der Waals surface area contributed by atoms with Gasteiger partial charge in [0.2, 0.25) is 0 Å². The highest BCUT2D eigenvalue weighted by Gasteiger charge is 2.30. The van der Waals surface area contributed by atoms with Crippen molar-refractivity contribution in [3.05, 3.63) is 40.2 Å². The number of ether oxygens (including phenoxy) is 1. The third-order valence-electron chi connectivity index (χ3n) is 6.52. The minimum Gasteiger partial charge on any atom is -0.488 e. The molecule has 0 unspecified atom stereocenters. The molecule has 200 valence electrons. The molecule has 8 nitrogen and oxygen atoms in total. The Morgan fingerprint density at radius 1 is 1.38 bits per heavy atom. The molecule has 1 fully saturated rings. The van der Waals surface area contributed by atoms with Crippen LogP contribution in [-0.2, 0) is 13.5 Å². The molecule has 3 heterocycles. The minimum atomic E-state index is 0.164. The molecule has 1 aromatic carbocycles. The van der Waals surface area contributed by atoms with Gasteiger partial charge < -0.3 is 20.7 Å². The van der Waals surface area contributed by atoms with Crippen LogP contribution in [0.1, 0.15) is 56.2 Å². The second kappa shape index (κ2) is 12.4. The summed E-state index contributed by atoms with van der Waals surface area (Å²) in [5.41, 5.74) is 5.95. The summed E-state index contributed by atoms with van der Waals surface area (Å²) in [6.45, 7) is 14.6. The number of nitrogens with one attached hydrogen (secondary N) is 3. The number of aryl methyl sites for hydroxylation is 2. The van der Waals surface area contributed by atoms with Crippen molar-refractivity contribution in [2.45, 2.75) is 69.3 Å². The second-order valence-corrected chi connectivity index (χ2v) is 11.9. The maximum absolute atomic E-state index is 6.53. The molecule has 0 aliphatic carbocycles. The van der Waals surface area contributed by atoms with Gasteiger partial charge in [-0.15, -0.1) is 0 Å². The number of aromatic nitrogens is 2. The summed E-state index contributed by atoms with van der Waals surface area (Å²) in [5.74, 6) is 2.04. The monoisotopic (exact) mass is 543 g/mol. The number of fused-ring (bicyclic) bond motifs is 1. The first kappa shape index (κ1) is 27.5. The zero-order valence-corrected chi connectivity index (χ0v) is 24.0. The van der Waals surface area contributed by atoms with Crippen LogP contribution in [0.25, 0.3) is 0 Å². The fourth-order valence-corrected chi connectivity index (χ4v) is 6.10. The van der Waals surface area contributed by atoms with Gasteiger partial charge in [0.25, 0.3) is 0 Å². The molecule has 0 saturated carbocycles. The number of piperidine rings is 1. The van der Waals surface area contributed by atoms with Crippen LogP contribution in [-0.4, -0.2) is 53.4 Å². The smallest absolute Gasteiger partial charge is 0.147 e. The SMILES string of the molecule is C=N/C=C(Cl)\C(=N/CNc1cc(C)c(C2CCNCC2)c2c1O[C@H](C)C2)Nc1cn(C)nc1SC(C)C. The van der Waals surface area contributed by atoms with Gasteiger partial charge in [-0.2, -0.15) is 5.10 Å². The van der Waals surface area contributed by atoms with Gasteiger partial charge in [-0.3, -0.25) is 9.67 Å². The van der Waals surface area contributed by atoms with Crippen molar-refractivity contribution in [2.75, 3.05) is 30.4 Å². The molecule has 0 radical (unpaired) electrons. The highest BCUT2D eigenvalue weighted by molar-refractivity contribution is 8.00. The largest absolute Gasteiger partial charge is 0.488 e. The molecule has 0 amide bonds. The van der Waals surface area contributed by atoms with Crippen LogP contribution in [0.2, 0.25) is 0 Å². The number of rotatable bonds is 9. The van der Waals surface area contributed by atoms with E-state index >= 15 is 0 Å². The van der Waals surface area contributed by atoms with Crippen LogP contribution < -0.4 is 20.7 Å². The quantitative estimate of drug-likeness (QED) is 0.214. The zero-order valence-electron chi connectivity index (χ0n) is 22.4. The zero-order chi connectivity index (χ0) is 26.5. The van der Waals surface area contributed by atoms with Gasteiger partial charge in [0.05, 0.1) is 11.4 Å². The average molecular weight is 544 g/mol. The molecule has 1 atom stereocenters. The summed E-state index contributed by atoms with van der Waals surface area (Å²) in [4.78, 5) is 8.57. The lowest BCUT2D eigenvalue weighted by Crippen LogP contribution is -2.27. The topological polar surface area (TPSA) is 87.9 Å². The Morgan fingerprint density at radius 3 is 2.84 bits per heavy atom. The van der Waals surface area contributed by atoms with Crippen molar-refractivity contribution in [1.82, 2.24) is 15.1 Å². The van der Waals surface area contributed by atoms with Crippen molar-refractivity contribution in [3.63, 3.8) is 0 Å². The van der Waals surface area contributed by atoms with Crippen LogP contribution in [0.3, 0.4) is 0 Å². The van der Waals surface area contributed by atoms with Gasteiger partial charge in [0.1, 0.15) is 34.4 Å². The Kier molecular flexibility index (Phi) is 9.21. The number of nitrogens with zero attached hydrogens (tertiary/aromatic N) is 4. The molecule has 0 bridgehead atoms. The lowest BCUT2D eigenvalue weighted by atomic mass is 9.83. The van der Waals surface area contributed by atoms with E-state index in [1.807, 2.05) is 13.2 Å². The van der Waals surface area contributed by atoms with E-state index in [9.17, 15) is 0 Å². The third-order valence-corrected chi connectivity index (χ3v) is 7.79. The molecule has 37 heavy (non-hydrogen) atoms. The molecule has 2 aromatic rings. The minimum absolute atomic E-state index is 0.164. The van der Waals surface area contributed by atoms with Crippen LogP contribution in [0.5, 0.6) is 5.75 Å². The standard InChI is InChI=1S/C27H38ClN7OS/c1-16(2)37-27-23(14-35(6)34-27)33-26(21(28)13-29-5)32-15-31-22-11-17(3)24(19-7-9-30-10-8-19)20-12-18(4)36-25(20)22/h11,13-14,16,18-19,30-31H,5,7-10,12,15H2,1-4,6H3,(H,32,33)/b21-13+/t18-/m1/s1. The van der Waals surface area contributed by atoms with E-state index in [1.165, 1.54) is 35.7 Å². The number of aliphatic imine (C=N–C) groups is 2. The number of hydrogen-bond acceptors (Lipinski definition) is 7. The summed E-state index contributed by atoms with van der Waals surface area (Å²) in [7, 11) is 1.90. The molecular formula is C27H38ClN7OS. The first-order chi connectivity index (χ1) is 17.8. The molecule has 4 rings (SSSR count). The van der Waals surface area contributed by atoms with E-state index in [-0.39, 0.29) is 6.10 Å². The number of hydrogen-bond donors (Lipinski definition) is 3. The summed E-state index contributed by atoms with van der Waals surface area (Å²) in [5, 5.41) is 16.5. The van der Waals surface area contributed by atoms with Crippen molar-refractivity contribution in [2.24, 2.45) is 17.0 Å². The molecule has 1 aromatic heterocycles. The average Bonchev–Trinajstić information content (AvgIpc) is 3.39. The van der Waals surface area contributed by atoms with E-state index in [4.69, 9.17) is 21.3 Å². The Morgan fingerprint density at radius 2 is 2.14 bits per heavy atom. The number of anilines is 2. The van der Waals surface area contributed by atoms with Gasteiger partial charge >= 0.3 is 0 Å². The first-order valence-electron chi connectivity index (χ1n) is 12.9. The highest BCUT2D eigenvalue weighted by atomic mass is 35.5. The Balaban J connectivity index is 1.58. The molecule has 2 aliphatic heterocycles. The summed E-state index contributed by atoms with van der Waals surface area (Å²) < 4.78 is 8.08. The van der Waals surface area contributed by atoms with E-state index in [0.29, 0.717) is 28.7 Å². The van der Waals surface area contributed by atoms with Crippen molar-refractivity contribution >= 4 is 47.3 Å². The van der Waals surface area contributed by atoms with Crippen LogP contribution in [0.4, 0.5) is 11.4 Å². The Hall–Kier alpha value is -2.49. The second-order valence-electron chi connectivity index (χ2n) is 9.93. The summed E-state index contributed by atoms with van der Waals surface area (Å²) >= 11 is 8.21. The van der Waals surface area contributed by atoms with Gasteiger partial charge in [0, 0.05) is 36.7 Å². The predicted octanol–water partition coefficient (Wildman–Crippen LogP) is 5.68. The van der Waals surface area contributed by atoms with E-state index < -0.39 is 0 Å². The van der Waals surface area contributed by atoms with E-state index in [1.54, 1.807) is 16.4 Å². The summed E-state index contributed by atoms with van der Waals surface area (Å²) in [6.07, 6.45) is 6.85. The van der Waals surface area contributed by atoms with Crippen molar-refractivity contribution in [3.8, 4) is 5.75 Å². The van der Waals surface area contributed by atoms with E-state index in [2.05, 4.69) is 66.5 Å². The highest BCUT2D eigenvalue weighted by Crippen LogP contribution is 2.44. The fourth-order valence-electron chi connectivity index (χ4n) is 5.07. The van der Waals surface area contributed by atoms with E-state index in [0.717, 1.165) is 41.7 Å². The van der Waals surface area contributed by atoms with Gasteiger partial charge in [-0.25, -0.2) is 4.99 Å². The van der Waals surface area contributed by atoms with Gasteiger partial charge in [0.15, 0.2) is 0 Å². The molecule has 10 heteroatoms. The number of halogens is 1. The number of benzene rings is 1. The van der Waals surface area contributed by atoms with Crippen molar-refractivity contribution < 1.29 is 4.74 Å². The molecular weight excluding hydrogens is 506 g/mol. The lowest BCUT2D eigenvalue weighted by molar-refractivity contribution is 0.255. The predicted molar refractivity (Wildman–Crippen MR) is 157 cm³/mol. The maximum atomic E-state index is 6.53. The van der Waals surface area contributed by atoms with Crippen LogP contribution in [0, 0.1) is 6.92 Å². The van der Waals surface area contributed by atoms with Gasteiger partial charge in [-0.05, 0) is 69.6 Å². The van der Waals surface area contributed by atoms with Gasteiger partial charge in [-0.1, -0.05) is 37.2 Å². The Bertz CT molecular complexity index is 1180. The lowest BCUT2D eigenvalue weighted by Gasteiger charge is -2.27. The van der Waals surface area contributed by atoms with Crippen LogP contribution in [0.15, 0.2) is 38.5 Å². The summed E-state index contributed by atoms with van der Waals surface area (Å²) in [6, 6.07) is 2.21. The van der Waals surface area contributed by atoms with Crippen molar-refractivity contribution in [1.29, 1.82) is 0 Å².